The third-order valence-corrected chi connectivity index (χ3v) is 5.37. The van der Waals surface area contributed by atoms with E-state index in [0.29, 0.717) is 6.29 Å². The summed E-state index contributed by atoms with van der Waals surface area (Å²) >= 11 is 0. The van der Waals surface area contributed by atoms with Crippen LogP contribution >= 0.6 is 0 Å². The number of aldehydes is 2. The van der Waals surface area contributed by atoms with E-state index >= 15 is 0 Å². The predicted octanol–water partition coefficient (Wildman–Crippen LogP) is 5.55. The number of carbonyl (C=O) groups excluding carboxylic acids is 3. The lowest BCUT2D eigenvalue weighted by molar-refractivity contribution is -0.119. The lowest BCUT2D eigenvalue weighted by Gasteiger charge is -2.13. The van der Waals surface area contributed by atoms with E-state index in [1.54, 1.807) is 32.4 Å². The summed E-state index contributed by atoms with van der Waals surface area (Å²) in [6.07, 6.45) is 10.5. The van der Waals surface area contributed by atoms with Crippen LogP contribution in [0.2, 0.25) is 0 Å². The highest BCUT2D eigenvalue weighted by atomic mass is 16.5. The highest BCUT2D eigenvalue weighted by Gasteiger charge is 2.27. The molecule has 0 heterocycles. The van der Waals surface area contributed by atoms with Gasteiger partial charge in [-0.1, -0.05) is 60.3 Å². The van der Waals surface area contributed by atoms with Gasteiger partial charge in [0.05, 0.1) is 12.7 Å². The number of unbranched alkanes of at least 4 members (excludes halogenated alkanes) is 1. The molecule has 2 rings (SSSR count). The topological polar surface area (TPSA) is 111 Å². The van der Waals surface area contributed by atoms with Crippen molar-refractivity contribution < 1.29 is 19.1 Å². The highest BCUT2D eigenvalue weighted by Crippen LogP contribution is 2.35. The number of carbonyl (C=O) groups is 3. The van der Waals surface area contributed by atoms with Crippen LogP contribution in [0.4, 0.5) is 5.69 Å². The van der Waals surface area contributed by atoms with Crippen LogP contribution in [0.25, 0.3) is 6.08 Å². The zero-order valence-corrected chi connectivity index (χ0v) is 23.8. The Hall–Kier alpha value is -2.67. The number of anilines is 1. The smallest absolute Gasteiger partial charge is 0.254 e. The molecule has 202 valence electrons. The third-order valence-electron chi connectivity index (χ3n) is 5.37. The molecular weight excluding hydrogens is 442 g/mol. The number of nitrogens with two attached hydrogens (primary N) is 1. The van der Waals surface area contributed by atoms with E-state index in [-0.39, 0.29) is 11.0 Å². The Kier molecular flexibility index (Phi) is 24.3. The van der Waals surface area contributed by atoms with Gasteiger partial charge in [-0.15, -0.1) is 0 Å². The average Bonchev–Trinajstić information content (AvgIpc) is 3.36. The zero-order valence-electron chi connectivity index (χ0n) is 23.8. The molecule has 4 N–H and O–H groups in total. The molecule has 1 aromatic carbocycles. The maximum absolute atomic E-state index is 11.5. The molecule has 7 nitrogen and oxygen atoms in total. The highest BCUT2D eigenvalue weighted by molar-refractivity contribution is 6.14. The minimum absolute atomic E-state index is 0.0556. The molecule has 0 unspecified atom stereocenters. The molecule has 1 fully saturated rings. The van der Waals surface area contributed by atoms with Gasteiger partial charge in [0.25, 0.3) is 5.91 Å². The second kappa shape index (κ2) is 23.1. The van der Waals surface area contributed by atoms with Gasteiger partial charge in [0.1, 0.15) is 12.0 Å². The van der Waals surface area contributed by atoms with Gasteiger partial charge in [0, 0.05) is 30.8 Å². The molecule has 0 bridgehead atoms. The summed E-state index contributed by atoms with van der Waals surface area (Å²) in [5.74, 6) is 0.333. The number of nitrogens with one attached hydrogen (secondary N) is 2. The summed E-state index contributed by atoms with van der Waals surface area (Å²) < 4.78 is 5.23. The fourth-order valence-corrected chi connectivity index (χ4v) is 3.15. The Labute approximate surface area is 214 Å². The SMILES string of the molecule is CC.CC1(C=O)CCCC1.CCCC.CN.CNC(=O)/C(C=O)=C/c1ccc(OC)c(C)c1NC. The minimum Gasteiger partial charge on any atom is -0.496 e. The van der Waals surface area contributed by atoms with Crippen LogP contribution in [0.15, 0.2) is 17.7 Å². The second-order valence-electron chi connectivity index (χ2n) is 7.88. The quantitative estimate of drug-likeness (QED) is 0.199. The van der Waals surface area contributed by atoms with Gasteiger partial charge < -0.3 is 25.9 Å². The molecule has 1 aliphatic carbocycles. The Balaban J connectivity index is -0.000000525. The monoisotopic (exact) mass is 493 g/mol. The average molecular weight is 494 g/mol. The summed E-state index contributed by atoms with van der Waals surface area (Å²) in [4.78, 5) is 32.8. The molecule has 0 saturated heterocycles. The standard InChI is InChI=1S/C14H18N2O3.C7H12O.C4H10.C2H6.CH5N/c1-9-12(19-4)6-5-10(13(9)15-2)7-11(8-17)14(18)16-3;1-7(6-8)4-2-3-5-7;1-3-4-2;2*1-2/h5-8,15H,1-4H3,(H,16,18);6H,2-5H2,1H3;3-4H2,1-2H3;1-2H3;2H2,1H3/b11-7+;;;;. The van der Waals surface area contributed by atoms with E-state index in [9.17, 15) is 14.4 Å². The molecule has 7 heteroatoms. The first-order valence-corrected chi connectivity index (χ1v) is 12.6. The van der Waals surface area contributed by atoms with Crippen LogP contribution < -0.4 is 21.1 Å². The Morgan fingerprint density at radius 1 is 1.09 bits per heavy atom. The number of likely N-dealkylation sites (N-methyl/N-ethyl adjacent to an activating group) is 1. The summed E-state index contributed by atoms with van der Waals surface area (Å²) in [6.45, 7) is 12.3. The molecule has 0 spiro atoms. The predicted molar refractivity (Wildman–Crippen MR) is 150 cm³/mol. The largest absolute Gasteiger partial charge is 0.496 e. The second-order valence-corrected chi connectivity index (χ2v) is 7.88. The van der Waals surface area contributed by atoms with Crippen LogP contribution in [-0.4, -0.2) is 46.7 Å². The summed E-state index contributed by atoms with van der Waals surface area (Å²) in [7, 11) is 6.36. The van der Waals surface area contributed by atoms with Gasteiger partial charge >= 0.3 is 0 Å². The molecular formula is C28H51N3O4. The number of hydrogen-bond acceptors (Lipinski definition) is 6. The Morgan fingerprint density at radius 2 is 1.60 bits per heavy atom. The molecule has 1 saturated carbocycles. The van der Waals surface area contributed by atoms with Crippen LogP contribution in [0.1, 0.15) is 84.3 Å². The van der Waals surface area contributed by atoms with Crippen molar-refractivity contribution in [2.45, 2.75) is 80.1 Å². The number of ether oxygens (including phenoxy) is 1. The summed E-state index contributed by atoms with van der Waals surface area (Å²) in [5.41, 5.74) is 7.12. The van der Waals surface area contributed by atoms with Crippen LogP contribution in [0.3, 0.4) is 0 Å². The van der Waals surface area contributed by atoms with Gasteiger partial charge in [-0.3, -0.25) is 9.59 Å². The molecule has 1 aliphatic rings. The Morgan fingerprint density at radius 3 is 1.91 bits per heavy atom. The van der Waals surface area contributed by atoms with Crippen molar-refractivity contribution in [1.82, 2.24) is 5.32 Å². The van der Waals surface area contributed by atoms with E-state index in [1.807, 2.05) is 27.7 Å². The fraction of sp³-hybridized carbons (Fsp3) is 0.607. The molecule has 0 aliphatic heterocycles. The lowest BCUT2D eigenvalue weighted by atomic mass is 9.91. The van der Waals surface area contributed by atoms with Crippen molar-refractivity contribution in [2.24, 2.45) is 11.1 Å². The number of methoxy groups -OCH3 is 1. The molecule has 0 atom stereocenters. The van der Waals surface area contributed by atoms with Crippen molar-refractivity contribution in [3.8, 4) is 5.75 Å². The maximum Gasteiger partial charge on any atom is 0.254 e. The first-order chi connectivity index (χ1) is 16.8. The number of benzene rings is 1. The molecule has 1 aromatic rings. The first-order valence-electron chi connectivity index (χ1n) is 12.6. The molecule has 0 aromatic heterocycles. The first kappa shape index (κ1) is 36.9. The number of rotatable bonds is 7. The van der Waals surface area contributed by atoms with Gasteiger partial charge in [0.2, 0.25) is 0 Å². The normalized spacial score (nSPS) is 12.9. The van der Waals surface area contributed by atoms with Crippen LogP contribution in [0.5, 0.6) is 5.75 Å². The van der Waals surface area contributed by atoms with Crippen molar-refractivity contribution in [2.75, 3.05) is 33.6 Å². The lowest BCUT2D eigenvalue weighted by Crippen LogP contribution is -2.20. The van der Waals surface area contributed by atoms with E-state index < -0.39 is 5.91 Å². The van der Waals surface area contributed by atoms with Crippen molar-refractivity contribution in [3.63, 3.8) is 0 Å². The molecule has 35 heavy (non-hydrogen) atoms. The van der Waals surface area contributed by atoms with Crippen LogP contribution in [-0.2, 0) is 14.4 Å². The van der Waals surface area contributed by atoms with Gasteiger partial charge in [-0.25, -0.2) is 0 Å². The van der Waals surface area contributed by atoms with Crippen molar-refractivity contribution in [1.29, 1.82) is 0 Å². The third kappa shape index (κ3) is 14.4. The van der Waals surface area contributed by atoms with Crippen molar-refractivity contribution >= 4 is 30.2 Å². The van der Waals surface area contributed by atoms with Gasteiger partial charge in [-0.2, -0.15) is 0 Å². The zero-order chi connectivity index (χ0) is 27.9. The fourth-order valence-electron chi connectivity index (χ4n) is 3.15. The summed E-state index contributed by atoms with van der Waals surface area (Å²) in [5, 5.41) is 5.48. The van der Waals surface area contributed by atoms with Gasteiger partial charge in [0.15, 0.2) is 6.29 Å². The maximum atomic E-state index is 11.5. The summed E-state index contributed by atoms with van der Waals surface area (Å²) in [6, 6.07) is 3.60. The number of hydrogen-bond donors (Lipinski definition) is 3. The van der Waals surface area contributed by atoms with E-state index in [4.69, 9.17) is 4.74 Å². The van der Waals surface area contributed by atoms with E-state index in [1.165, 1.54) is 39.8 Å². The number of amides is 1. The molecule has 0 radical (unpaired) electrons. The van der Waals surface area contributed by atoms with Crippen LogP contribution in [0, 0.1) is 12.3 Å². The van der Waals surface area contributed by atoms with E-state index in [0.717, 1.165) is 41.7 Å². The van der Waals surface area contributed by atoms with Crippen molar-refractivity contribution in [3.05, 3.63) is 28.8 Å². The van der Waals surface area contributed by atoms with E-state index in [2.05, 4.69) is 30.2 Å². The minimum atomic E-state index is -0.412. The van der Waals surface area contributed by atoms with Gasteiger partial charge in [-0.05, 0) is 50.6 Å². The molecule has 1 amide bonds. The Bertz CT molecular complexity index is 738.